The summed E-state index contributed by atoms with van der Waals surface area (Å²) in [7, 11) is -11.2. The molecule has 0 saturated heterocycles. The van der Waals surface area contributed by atoms with Crippen molar-refractivity contribution in [3.8, 4) is 0 Å². The summed E-state index contributed by atoms with van der Waals surface area (Å²) in [5.41, 5.74) is 0. The molecule has 3 N–H and O–H groups in total. The van der Waals surface area contributed by atoms with E-state index in [0.717, 1.165) is 0 Å². The summed E-state index contributed by atoms with van der Waals surface area (Å²) in [6, 6.07) is 0. The molecule has 1 saturated carbocycles. The summed E-state index contributed by atoms with van der Waals surface area (Å²) in [4.78, 5) is 39.9. The van der Waals surface area contributed by atoms with E-state index in [1.54, 1.807) is 0 Å². The van der Waals surface area contributed by atoms with Crippen LogP contribution in [-0.2, 0) is 9.13 Å². The normalized spacial score (nSPS) is 34.9. The second kappa shape index (κ2) is 8.39. The summed E-state index contributed by atoms with van der Waals surface area (Å²) in [6.07, 6.45) is 0.392. The smallest absolute Gasteiger partial charge is 0.776 e. The van der Waals surface area contributed by atoms with Crippen LogP contribution in [0.15, 0.2) is 0 Å². The molecule has 0 heterocycles. The molecule has 1 fully saturated rings. The second-order valence-corrected chi connectivity index (χ2v) is 9.23. The van der Waals surface area contributed by atoms with Crippen molar-refractivity contribution < 1.29 is 92.9 Å². The quantitative estimate of drug-likeness (QED) is 0.340. The van der Waals surface area contributed by atoms with Crippen molar-refractivity contribution >= 4 is 15.2 Å². The Bertz CT molecular complexity index is 375. The first kappa shape index (κ1) is 24.5. The monoisotopic (exact) mass is 346 g/mol. The van der Waals surface area contributed by atoms with Crippen LogP contribution in [0.2, 0.25) is 0 Å². The summed E-state index contributed by atoms with van der Waals surface area (Å²) in [5.74, 6) is 0.172. The van der Waals surface area contributed by atoms with Crippen LogP contribution in [0.3, 0.4) is 0 Å². The van der Waals surface area contributed by atoms with Crippen LogP contribution in [0.5, 0.6) is 0 Å². The van der Waals surface area contributed by atoms with Crippen LogP contribution < -0.4 is 68.9 Å². The SMILES string of the molecule is C[C@@H]1CC(CC(O)(P(=O)([O-])O)P(=O)([O-])O)C[C@@H]1C.[Na+].[Na+]. The third-order valence-corrected chi connectivity index (χ3v) is 7.54. The van der Waals surface area contributed by atoms with Gasteiger partial charge in [-0.1, -0.05) is 13.8 Å². The molecule has 1 aliphatic carbocycles. The van der Waals surface area contributed by atoms with E-state index in [2.05, 4.69) is 0 Å². The van der Waals surface area contributed by atoms with Crippen molar-refractivity contribution in [1.29, 1.82) is 0 Å². The van der Waals surface area contributed by atoms with Crippen molar-refractivity contribution in [3.05, 3.63) is 0 Å². The molecule has 1 aliphatic rings. The molecule has 11 heteroatoms. The average molecular weight is 346 g/mol. The Kier molecular flexibility index (Phi) is 10.3. The molecule has 108 valence electrons. The van der Waals surface area contributed by atoms with Crippen molar-refractivity contribution in [1.82, 2.24) is 0 Å². The molecule has 0 aromatic rings. The molecule has 5 atom stereocenters. The van der Waals surface area contributed by atoms with Crippen molar-refractivity contribution in [2.24, 2.45) is 17.8 Å². The van der Waals surface area contributed by atoms with Crippen LogP contribution in [0.25, 0.3) is 0 Å². The maximum atomic E-state index is 11.1. The first-order chi connectivity index (χ1) is 7.88. The zero-order valence-corrected chi connectivity index (χ0v) is 18.0. The second-order valence-electron chi connectivity index (χ2n) is 5.31. The molecule has 20 heavy (non-hydrogen) atoms. The fourth-order valence-corrected chi connectivity index (χ4v) is 4.81. The molecular weight excluding hydrogens is 328 g/mol. The first-order valence-corrected chi connectivity index (χ1v) is 8.84. The Morgan fingerprint density at radius 1 is 1.05 bits per heavy atom. The zero-order valence-electron chi connectivity index (χ0n) is 12.2. The Morgan fingerprint density at radius 3 is 1.60 bits per heavy atom. The van der Waals surface area contributed by atoms with Gasteiger partial charge in [0, 0.05) is 0 Å². The van der Waals surface area contributed by atoms with Gasteiger partial charge in [0.15, 0.2) is 20.3 Å². The van der Waals surface area contributed by atoms with Crippen molar-refractivity contribution in [2.45, 2.75) is 38.2 Å². The standard InChI is InChI=1S/C9H20O7P2.2Na/c1-6-3-8(4-7(6)2)5-9(10,17(11,12)13)18(14,15)16;;/h6-8,10H,3-5H2,1-2H3,(H2,11,12,13)(H2,14,15,16);;/q;2*+1/p-2/t6-,7+,8?;;. The van der Waals surface area contributed by atoms with Gasteiger partial charge in [-0.3, -0.25) is 0 Å². The molecule has 0 bridgehead atoms. The van der Waals surface area contributed by atoms with Gasteiger partial charge in [-0.05, 0) is 37.0 Å². The largest absolute Gasteiger partial charge is 1.00 e. The fourth-order valence-electron chi connectivity index (χ4n) is 2.56. The van der Waals surface area contributed by atoms with Crippen molar-refractivity contribution in [2.75, 3.05) is 0 Å². The van der Waals surface area contributed by atoms with Gasteiger partial charge in [-0.25, -0.2) is 0 Å². The van der Waals surface area contributed by atoms with E-state index in [-0.39, 0.29) is 76.9 Å². The van der Waals surface area contributed by atoms with E-state index in [1.807, 2.05) is 13.8 Å². The molecule has 0 aliphatic heterocycles. The minimum absolute atomic E-state index is 0. The topological polar surface area (TPSA) is 141 Å². The van der Waals surface area contributed by atoms with E-state index in [9.17, 15) is 24.0 Å². The van der Waals surface area contributed by atoms with Gasteiger partial charge >= 0.3 is 59.1 Å². The maximum absolute atomic E-state index is 11.1. The molecule has 0 spiro atoms. The third kappa shape index (κ3) is 5.41. The van der Waals surface area contributed by atoms with E-state index in [4.69, 9.17) is 9.79 Å². The number of hydrogen-bond donors (Lipinski definition) is 3. The van der Waals surface area contributed by atoms with Gasteiger partial charge in [-0.2, -0.15) is 0 Å². The van der Waals surface area contributed by atoms with Crippen LogP contribution in [0.1, 0.15) is 33.1 Å². The first-order valence-electron chi connectivity index (χ1n) is 5.68. The van der Waals surface area contributed by atoms with Gasteiger partial charge < -0.3 is 33.8 Å². The van der Waals surface area contributed by atoms with Gasteiger partial charge in [0.05, 0.1) is 0 Å². The van der Waals surface area contributed by atoms with E-state index in [0.29, 0.717) is 12.8 Å². The summed E-state index contributed by atoms with van der Waals surface area (Å²) in [6.45, 7) is 3.88. The van der Waals surface area contributed by atoms with Crippen LogP contribution in [0, 0.1) is 17.8 Å². The van der Waals surface area contributed by atoms with E-state index >= 15 is 0 Å². The molecule has 0 amide bonds. The number of aliphatic hydroxyl groups is 1. The predicted molar refractivity (Wildman–Crippen MR) is 60.3 cm³/mol. The number of rotatable bonds is 4. The van der Waals surface area contributed by atoms with Crippen LogP contribution in [-0.4, -0.2) is 20.0 Å². The number of hydrogen-bond acceptors (Lipinski definition) is 5. The Labute approximate surface area is 162 Å². The molecular formula is C9H18Na2O7P2. The average Bonchev–Trinajstić information content (AvgIpc) is 2.41. The molecule has 0 aromatic carbocycles. The minimum atomic E-state index is -5.62. The van der Waals surface area contributed by atoms with Gasteiger partial charge in [-0.15, -0.1) is 0 Å². The Hall–Kier alpha value is 2.26. The van der Waals surface area contributed by atoms with Crippen LogP contribution in [0.4, 0.5) is 0 Å². The Balaban J connectivity index is 0. The summed E-state index contributed by atoms with van der Waals surface area (Å²) in [5, 5.41) is 6.19. The van der Waals surface area contributed by atoms with Gasteiger partial charge in [0.2, 0.25) is 0 Å². The Morgan fingerprint density at radius 2 is 1.35 bits per heavy atom. The molecule has 1 rings (SSSR count). The fraction of sp³-hybridized carbons (Fsp3) is 1.00. The minimum Gasteiger partial charge on any atom is -0.776 e. The summed E-state index contributed by atoms with van der Waals surface area (Å²) >= 11 is 0. The molecule has 0 radical (unpaired) electrons. The molecule has 3 unspecified atom stereocenters. The third-order valence-electron chi connectivity index (χ3n) is 3.85. The predicted octanol–water partition coefficient (Wildman–Crippen LogP) is -6.20. The maximum Gasteiger partial charge on any atom is 1.00 e. The van der Waals surface area contributed by atoms with E-state index < -0.39 is 26.7 Å². The zero-order chi connectivity index (χ0) is 14.4. The molecule has 0 aromatic heterocycles. The van der Waals surface area contributed by atoms with Crippen LogP contribution >= 0.6 is 15.2 Å². The molecule has 7 nitrogen and oxygen atoms in total. The summed E-state index contributed by atoms with van der Waals surface area (Å²) < 4.78 is 22.1. The van der Waals surface area contributed by atoms with Gasteiger partial charge in [0.1, 0.15) is 0 Å². The van der Waals surface area contributed by atoms with Gasteiger partial charge in [0.25, 0.3) is 0 Å². The van der Waals surface area contributed by atoms with E-state index in [1.165, 1.54) is 0 Å². The van der Waals surface area contributed by atoms with Crippen molar-refractivity contribution in [3.63, 3.8) is 0 Å².